The maximum Gasteiger partial charge on any atom is 0.0603 e. The Hall–Kier alpha value is 0.647. The molecule has 0 heterocycles. The first-order chi connectivity index (χ1) is 5.07. The fourth-order valence-electron chi connectivity index (χ4n) is 2.56. The average Bonchev–Trinajstić information content (AvgIpc) is 1.49. The van der Waals surface area contributed by atoms with Gasteiger partial charge in [0.2, 0.25) is 0 Å². The van der Waals surface area contributed by atoms with Gasteiger partial charge in [0.25, 0.3) is 0 Å². The van der Waals surface area contributed by atoms with E-state index in [1.165, 1.54) is 0 Å². The van der Waals surface area contributed by atoms with Crippen molar-refractivity contribution in [2.24, 2.45) is 0 Å². The normalized spacial score (nSPS) is 14.5. The largest absolute Gasteiger partial charge is 0.111 e. The van der Waals surface area contributed by atoms with Crippen molar-refractivity contribution in [3.05, 3.63) is 0 Å². The third kappa shape index (κ3) is 3.58. The molecule has 0 nitrogen and oxygen atoms in total. The summed E-state index contributed by atoms with van der Waals surface area (Å²) in [7, 11) is -0.234. The summed E-state index contributed by atoms with van der Waals surface area (Å²) in [6.45, 7) is 19.5. The minimum atomic E-state index is -0.471. The second-order valence-electron chi connectivity index (χ2n) is 5.81. The van der Waals surface area contributed by atoms with Gasteiger partial charge in [-0.1, -0.05) is 54.6 Å². The summed E-state index contributed by atoms with van der Waals surface area (Å²) in [6.07, 6.45) is 0. The van der Waals surface area contributed by atoms with Crippen LogP contribution < -0.4 is 0 Å². The molecule has 74 valence electrons. The zero-order chi connectivity index (χ0) is 10.2. The molecule has 0 unspecified atom stereocenters. The van der Waals surface area contributed by atoms with E-state index in [1.54, 1.807) is 0 Å². The van der Waals surface area contributed by atoms with E-state index in [1.807, 2.05) is 0 Å². The standard InChI is InChI=1S/C10H25PSi/c1-9(2,3)11(12(7)8)10(4,5)6/h12H,1-8H3. The predicted molar refractivity (Wildman–Crippen MR) is 65.3 cm³/mol. The molecule has 0 amide bonds. The van der Waals surface area contributed by atoms with Gasteiger partial charge in [-0.15, -0.1) is 7.47 Å². The maximum absolute atomic E-state index is 2.50. The molecule has 0 atom stereocenters. The fraction of sp³-hybridized carbons (Fsp3) is 1.00. The third-order valence-corrected chi connectivity index (χ3v) is 13.6. The minimum Gasteiger partial charge on any atom is -0.111 e. The average molecular weight is 204 g/mol. The molecule has 2 heteroatoms. The van der Waals surface area contributed by atoms with Gasteiger partial charge in [-0.3, -0.25) is 0 Å². The van der Waals surface area contributed by atoms with Gasteiger partial charge in [0.15, 0.2) is 0 Å². The molecule has 0 saturated heterocycles. The number of rotatable bonds is 1. The van der Waals surface area contributed by atoms with Crippen LogP contribution in [-0.2, 0) is 0 Å². The first kappa shape index (κ1) is 12.6. The molecule has 0 bridgehead atoms. The van der Waals surface area contributed by atoms with E-state index in [0.717, 1.165) is 0 Å². The second kappa shape index (κ2) is 3.80. The molecule has 0 aliphatic heterocycles. The van der Waals surface area contributed by atoms with Crippen molar-refractivity contribution in [3.8, 4) is 0 Å². The van der Waals surface area contributed by atoms with Gasteiger partial charge < -0.3 is 0 Å². The molecule has 0 aromatic heterocycles. The summed E-state index contributed by atoms with van der Waals surface area (Å²) in [5.41, 5.74) is 0. The highest BCUT2D eigenvalue weighted by Crippen LogP contribution is 2.60. The third-order valence-electron chi connectivity index (χ3n) is 1.96. The highest BCUT2D eigenvalue weighted by Gasteiger charge is 2.36. The Morgan fingerprint density at radius 1 is 0.750 bits per heavy atom. The molecule has 0 radical (unpaired) electrons. The Morgan fingerprint density at radius 2 is 1.00 bits per heavy atom. The van der Waals surface area contributed by atoms with Gasteiger partial charge in [-0.05, 0) is 10.3 Å². The topological polar surface area (TPSA) is 0 Å². The van der Waals surface area contributed by atoms with Crippen LogP contribution >= 0.6 is 7.47 Å². The molecule has 0 saturated carbocycles. The second-order valence-corrected chi connectivity index (χ2v) is 16.1. The molecule has 0 aliphatic carbocycles. The molecule has 0 aromatic rings. The van der Waals surface area contributed by atoms with Gasteiger partial charge in [0, 0.05) is 0 Å². The minimum absolute atomic E-state index is 0.237. The van der Waals surface area contributed by atoms with Crippen LogP contribution in [0.3, 0.4) is 0 Å². The molecule has 0 fully saturated rings. The van der Waals surface area contributed by atoms with Crippen LogP contribution in [0.2, 0.25) is 13.1 Å². The van der Waals surface area contributed by atoms with Gasteiger partial charge in [-0.2, -0.15) is 0 Å². The monoisotopic (exact) mass is 204 g/mol. The van der Waals surface area contributed by atoms with E-state index >= 15 is 0 Å². The lowest BCUT2D eigenvalue weighted by Crippen LogP contribution is -2.30. The lowest BCUT2D eigenvalue weighted by atomic mass is 10.2. The summed E-state index contributed by atoms with van der Waals surface area (Å²) in [5, 5.41) is 1.10. The molecule has 12 heavy (non-hydrogen) atoms. The van der Waals surface area contributed by atoms with E-state index in [0.29, 0.717) is 10.3 Å². The number of hydrogen-bond acceptors (Lipinski definition) is 0. The van der Waals surface area contributed by atoms with Crippen molar-refractivity contribution < 1.29 is 0 Å². The summed E-state index contributed by atoms with van der Waals surface area (Å²) in [4.78, 5) is 0. The molecule has 0 spiro atoms. The van der Waals surface area contributed by atoms with Crippen LogP contribution in [0.25, 0.3) is 0 Å². The summed E-state index contributed by atoms with van der Waals surface area (Å²) >= 11 is 0. The van der Waals surface area contributed by atoms with E-state index in [-0.39, 0.29) is 7.47 Å². The lowest BCUT2D eigenvalue weighted by Gasteiger charge is -2.44. The highest BCUT2D eigenvalue weighted by atomic mass is 31.4. The first-order valence-electron chi connectivity index (χ1n) is 4.86. The van der Waals surface area contributed by atoms with Crippen LogP contribution in [0.1, 0.15) is 41.5 Å². The molecule has 0 aromatic carbocycles. The number of hydrogen-bond donors (Lipinski definition) is 0. The van der Waals surface area contributed by atoms with Crippen LogP contribution in [0.15, 0.2) is 0 Å². The van der Waals surface area contributed by atoms with Crippen LogP contribution in [0.5, 0.6) is 0 Å². The van der Waals surface area contributed by atoms with E-state index in [2.05, 4.69) is 54.6 Å². The smallest absolute Gasteiger partial charge is 0.0603 e. The molecule has 0 N–H and O–H groups in total. The van der Waals surface area contributed by atoms with Crippen LogP contribution in [0.4, 0.5) is 0 Å². The Kier molecular flexibility index (Phi) is 4.00. The predicted octanol–water partition coefficient (Wildman–Crippen LogP) is 4.05. The van der Waals surface area contributed by atoms with Gasteiger partial charge in [0.05, 0.1) is 8.46 Å². The Bertz CT molecular complexity index is 125. The Balaban J connectivity index is 4.70. The SMILES string of the molecule is C[SiH](C)P(C(C)(C)C)C(C)(C)C. The zero-order valence-corrected chi connectivity index (χ0v) is 12.1. The van der Waals surface area contributed by atoms with E-state index in [9.17, 15) is 0 Å². The fourth-order valence-corrected chi connectivity index (χ4v) is 17.0. The summed E-state index contributed by atoms with van der Waals surface area (Å²) in [5.74, 6) is 0. The van der Waals surface area contributed by atoms with Gasteiger partial charge in [-0.25, -0.2) is 0 Å². The van der Waals surface area contributed by atoms with Crippen molar-refractivity contribution in [2.75, 3.05) is 0 Å². The highest BCUT2D eigenvalue weighted by molar-refractivity contribution is 7.92. The zero-order valence-electron chi connectivity index (χ0n) is 10.0. The van der Waals surface area contributed by atoms with Crippen molar-refractivity contribution in [1.29, 1.82) is 0 Å². The molecule has 0 aliphatic rings. The van der Waals surface area contributed by atoms with Crippen LogP contribution in [-0.4, -0.2) is 18.8 Å². The van der Waals surface area contributed by atoms with Crippen molar-refractivity contribution in [3.63, 3.8) is 0 Å². The van der Waals surface area contributed by atoms with Crippen LogP contribution in [0, 0.1) is 0 Å². The lowest BCUT2D eigenvalue weighted by molar-refractivity contribution is 0.718. The van der Waals surface area contributed by atoms with Gasteiger partial charge >= 0.3 is 0 Å². The summed E-state index contributed by atoms with van der Waals surface area (Å²) in [6, 6.07) is 0. The molecular weight excluding hydrogens is 179 g/mol. The quantitative estimate of drug-likeness (QED) is 0.446. The first-order valence-corrected chi connectivity index (χ1v) is 10.1. The van der Waals surface area contributed by atoms with E-state index < -0.39 is 8.46 Å². The molecule has 0 rings (SSSR count). The summed E-state index contributed by atoms with van der Waals surface area (Å²) < 4.78 is 0. The Morgan fingerprint density at radius 3 is 1.00 bits per heavy atom. The van der Waals surface area contributed by atoms with E-state index in [4.69, 9.17) is 0 Å². The van der Waals surface area contributed by atoms with Crippen molar-refractivity contribution in [1.82, 2.24) is 0 Å². The molecular formula is C10H25PSi. The van der Waals surface area contributed by atoms with Gasteiger partial charge in [0.1, 0.15) is 0 Å². The van der Waals surface area contributed by atoms with Crippen molar-refractivity contribution in [2.45, 2.75) is 64.9 Å². The maximum atomic E-state index is 2.50. The van der Waals surface area contributed by atoms with Crippen molar-refractivity contribution >= 4 is 15.9 Å². The Labute approximate surface area is 81.4 Å².